The number of hydrogen-bond donors (Lipinski definition) is 2. The molecule has 190 valence electrons. The zero-order chi connectivity index (χ0) is 25.6. The van der Waals surface area contributed by atoms with Crippen molar-refractivity contribution in [2.24, 2.45) is 5.14 Å². The van der Waals surface area contributed by atoms with Gasteiger partial charge in [-0.2, -0.15) is 48.7 Å². The van der Waals surface area contributed by atoms with Gasteiger partial charge >= 0.3 is 12.4 Å². The Balaban J connectivity index is 1.67. The Bertz CT molecular complexity index is 1310. The van der Waals surface area contributed by atoms with E-state index in [1.165, 1.54) is 0 Å². The SMILES string of the molecule is NS(=O)(=O)N1CCC(c2ccccc2)CC1CNc1cc(C(F)(F)F)nc2cc(C(F)(F)F)nn12. The highest BCUT2D eigenvalue weighted by Gasteiger charge is 2.38. The standard InChI is InChI=1S/C20H20F6N6O2S/c21-19(22,23)15-9-17(32-18(29-15)10-16(30-32)20(24,25)26)28-11-14-8-13(12-4-2-1-3-5-12)6-7-31(14)35(27,33)34/h1-5,9-10,13-14,28H,6-8,11H2,(H2,27,33,34). The lowest BCUT2D eigenvalue weighted by Gasteiger charge is -2.38. The number of benzene rings is 1. The first-order chi connectivity index (χ1) is 16.2. The summed E-state index contributed by atoms with van der Waals surface area (Å²) in [6.07, 6.45) is -9.07. The molecular formula is C20H20F6N6O2S. The van der Waals surface area contributed by atoms with Gasteiger partial charge in [-0.25, -0.2) is 10.1 Å². The molecule has 8 nitrogen and oxygen atoms in total. The maximum absolute atomic E-state index is 13.3. The van der Waals surface area contributed by atoms with Gasteiger partial charge in [-0.3, -0.25) is 0 Å². The number of nitrogens with one attached hydrogen (secondary N) is 1. The van der Waals surface area contributed by atoms with Crippen LogP contribution in [0.2, 0.25) is 0 Å². The predicted octanol–water partition coefficient (Wildman–Crippen LogP) is 3.63. The third-order valence-corrected chi connectivity index (χ3v) is 6.92. The lowest BCUT2D eigenvalue weighted by Crippen LogP contribution is -2.51. The van der Waals surface area contributed by atoms with Crippen LogP contribution >= 0.6 is 0 Å². The van der Waals surface area contributed by atoms with Crippen LogP contribution in [0.1, 0.15) is 35.7 Å². The molecule has 15 heteroatoms. The highest BCUT2D eigenvalue weighted by atomic mass is 32.2. The van der Waals surface area contributed by atoms with E-state index in [-0.39, 0.29) is 19.0 Å². The van der Waals surface area contributed by atoms with Gasteiger partial charge in [0.25, 0.3) is 10.2 Å². The van der Waals surface area contributed by atoms with Crippen LogP contribution in [-0.4, -0.2) is 46.5 Å². The van der Waals surface area contributed by atoms with Crippen molar-refractivity contribution in [1.29, 1.82) is 0 Å². The van der Waals surface area contributed by atoms with Crippen molar-refractivity contribution in [3.05, 3.63) is 59.4 Å². The third kappa shape index (κ3) is 5.51. The average molecular weight is 522 g/mol. The summed E-state index contributed by atoms with van der Waals surface area (Å²) in [5, 5.41) is 11.3. The molecule has 1 aliphatic heterocycles. The average Bonchev–Trinajstić information content (AvgIpc) is 3.22. The van der Waals surface area contributed by atoms with Crippen molar-refractivity contribution in [1.82, 2.24) is 18.9 Å². The van der Waals surface area contributed by atoms with E-state index in [4.69, 9.17) is 5.14 Å². The molecule has 2 atom stereocenters. The number of hydrogen-bond acceptors (Lipinski definition) is 5. The van der Waals surface area contributed by atoms with Gasteiger partial charge in [-0.15, -0.1) is 0 Å². The van der Waals surface area contributed by atoms with Crippen LogP contribution in [0.3, 0.4) is 0 Å². The molecule has 1 fully saturated rings. The first kappa shape index (κ1) is 25.2. The molecule has 3 N–H and O–H groups in total. The van der Waals surface area contributed by atoms with Crippen molar-refractivity contribution < 1.29 is 34.8 Å². The molecule has 2 unspecified atom stereocenters. The van der Waals surface area contributed by atoms with Crippen LogP contribution in [0.4, 0.5) is 32.2 Å². The van der Waals surface area contributed by atoms with E-state index in [0.29, 0.717) is 29.5 Å². The zero-order valence-electron chi connectivity index (χ0n) is 17.9. The summed E-state index contributed by atoms with van der Waals surface area (Å²) in [7, 11) is -4.14. The van der Waals surface area contributed by atoms with E-state index in [1.54, 1.807) is 0 Å². The van der Waals surface area contributed by atoms with E-state index in [1.807, 2.05) is 30.3 Å². The van der Waals surface area contributed by atoms with E-state index >= 15 is 0 Å². The van der Waals surface area contributed by atoms with Crippen molar-refractivity contribution in [3.8, 4) is 0 Å². The van der Waals surface area contributed by atoms with Crippen LogP contribution in [0.15, 0.2) is 42.5 Å². The molecule has 3 aromatic rings. The quantitative estimate of drug-likeness (QED) is 0.498. The number of nitrogens with two attached hydrogens (primary N) is 1. The van der Waals surface area contributed by atoms with E-state index in [0.717, 1.165) is 9.87 Å². The lowest BCUT2D eigenvalue weighted by atomic mass is 9.86. The van der Waals surface area contributed by atoms with Crippen LogP contribution in [0.5, 0.6) is 0 Å². The second-order valence-corrected chi connectivity index (χ2v) is 9.64. The first-order valence-corrected chi connectivity index (χ1v) is 11.9. The maximum atomic E-state index is 13.3. The largest absolute Gasteiger partial charge is 0.435 e. The molecular weight excluding hydrogens is 502 g/mol. The summed E-state index contributed by atoms with van der Waals surface area (Å²) >= 11 is 0. The minimum absolute atomic E-state index is 0.0502. The molecule has 2 aromatic heterocycles. The lowest BCUT2D eigenvalue weighted by molar-refractivity contribution is -0.142. The summed E-state index contributed by atoms with van der Waals surface area (Å²) in [4.78, 5) is 3.25. The second kappa shape index (κ2) is 8.95. The summed E-state index contributed by atoms with van der Waals surface area (Å²) in [6, 6.07) is 9.40. The summed E-state index contributed by atoms with van der Waals surface area (Å²) in [5.41, 5.74) is -2.54. The van der Waals surface area contributed by atoms with Gasteiger partial charge in [-0.05, 0) is 24.3 Å². The molecule has 0 spiro atoms. The van der Waals surface area contributed by atoms with Crippen LogP contribution < -0.4 is 10.5 Å². The fourth-order valence-electron chi connectivity index (χ4n) is 4.18. The van der Waals surface area contributed by atoms with Gasteiger partial charge < -0.3 is 5.32 Å². The minimum atomic E-state index is -4.93. The molecule has 0 amide bonds. The monoisotopic (exact) mass is 522 g/mol. The van der Waals surface area contributed by atoms with Gasteiger partial charge in [-0.1, -0.05) is 30.3 Å². The highest BCUT2D eigenvalue weighted by molar-refractivity contribution is 7.86. The normalized spacial score (nSPS) is 20.3. The molecule has 0 saturated carbocycles. The molecule has 3 heterocycles. The van der Waals surface area contributed by atoms with Crippen LogP contribution in [-0.2, 0) is 22.6 Å². The topological polar surface area (TPSA) is 106 Å². The number of nitrogens with zero attached hydrogens (tertiary/aromatic N) is 4. The number of anilines is 1. The van der Waals surface area contributed by atoms with Gasteiger partial charge in [0.2, 0.25) is 0 Å². The van der Waals surface area contributed by atoms with Gasteiger partial charge in [0, 0.05) is 31.3 Å². The Hall–Kier alpha value is -2.91. The number of halogens is 6. The predicted molar refractivity (Wildman–Crippen MR) is 113 cm³/mol. The second-order valence-electron chi connectivity index (χ2n) is 8.14. The Morgan fingerprint density at radius 2 is 1.69 bits per heavy atom. The summed E-state index contributed by atoms with van der Waals surface area (Å²) < 4.78 is 105. The summed E-state index contributed by atoms with van der Waals surface area (Å²) in [5.74, 6) is -0.472. The van der Waals surface area contributed by atoms with Crippen LogP contribution in [0.25, 0.3) is 5.65 Å². The Kier molecular flexibility index (Phi) is 6.44. The number of piperidine rings is 1. The van der Waals surface area contributed by atoms with Crippen LogP contribution in [0, 0.1) is 0 Å². The fraction of sp³-hybridized carbons (Fsp3) is 0.400. The van der Waals surface area contributed by atoms with Crippen molar-refractivity contribution >= 4 is 21.7 Å². The molecule has 0 bridgehead atoms. The maximum Gasteiger partial charge on any atom is 0.435 e. The van der Waals surface area contributed by atoms with E-state index in [2.05, 4.69) is 15.4 Å². The molecule has 4 rings (SSSR count). The molecule has 35 heavy (non-hydrogen) atoms. The molecule has 0 aliphatic carbocycles. The highest BCUT2D eigenvalue weighted by Crippen LogP contribution is 2.35. The van der Waals surface area contributed by atoms with Crippen molar-refractivity contribution in [3.63, 3.8) is 0 Å². The minimum Gasteiger partial charge on any atom is -0.368 e. The number of aromatic nitrogens is 3. The Morgan fingerprint density at radius 3 is 2.29 bits per heavy atom. The Labute approximate surface area is 195 Å². The fourth-order valence-corrected chi connectivity index (χ4v) is 5.12. The number of rotatable bonds is 5. The Morgan fingerprint density at radius 1 is 1.03 bits per heavy atom. The van der Waals surface area contributed by atoms with Crippen molar-refractivity contribution in [2.75, 3.05) is 18.4 Å². The van der Waals surface area contributed by atoms with Gasteiger partial charge in [0.05, 0.1) is 0 Å². The zero-order valence-corrected chi connectivity index (χ0v) is 18.7. The summed E-state index contributed by atoms with van der Waals surface area (Å²) in [6.45, 7) is -0.151. The van der Waals surface area contributed by atoms with Crippen molar-refractivity contribution in [2.45, 2.75) is 37.2 Å². The third-order valence-electron chi connectivity index (χ3n) is 5.79. The number of fused-ring (bicyclic) bond motifs is 1. The number of alkyl halides is 6. The molecule has 1 aliphatic rings. The van der Waals surface area contributed by atoms with E-state index in [9.17, 15) is 34.8 Å². The molecule has 1 aromatic carbocycles. The van der Waals surface area contributed by atoms with Gasteiger partial charge in [0.1, 0.15) is 5.82 Å². The smallest absolute Gasteiger partial charge is 0.368 e. The molecule has 1 saturated heterocycles. The van der Waals surface area contributed by atoms with Gasteiger partial charge in [0.15, 0.2) is 17.0 Å². The first-order valence-electron chi connectivity index (χ1n) is 10.4. The molecule has 0 radical (unpaired) electrons. The van der Waals surface area contributed by atoms with E-state index < -0.39 is 51.5 Å².